The number of amides is 3. The Hall–Kier alpha value is -3.30. The summed E-state index contributed by atoms with van der Waals surface area (Å²) in [6, 6.07) is -6.61. The van der Waals surface area contributed by atoms with E-state index in [0.717, 1.165) is 6.92 Å². The SMILES string of the molecule is CC(O)C(NC(=O)C(CC(=O)O)NC(=O)C(CCC(=O)O)NC(=O)C(N)CO)C(=O)O. The first-order chi connectivity index (χ1) is 14.3. The van der Waals surface area contributed by atoms with Gasteiger partial charge in [0, 0.05) is 6.42 Å². The minimum Gasteiger partial charge on any atom is -0.481 e. The number of hydrogen-bond donors (Lipinski definition) is 9. The van der Waals surface area contributed by atoms with Gasteiger partial charge < -0.3 is 47.2 Å². The van der Waals surface area contributed by atoms with Crippen LogP contribution < -0.4 is 21.7 Å². The predicted octanol–water partition coefficient (Wildman–Crippen LogP) is -4.43. The molecule has 0 aromatic rings. The summed E-state index contributed by atoms with van der Waals surface area (Å²) in [5.74, 6) is -7.89. The third kappa shape index (κ3) is 10.3. The molecule has 31 heavy (non-hydrogen) atoms. The van der Waals surface area contributed by atoms with Gasteiger partial charge in [-0.15, -0.1) is 0 Å². The first-order valence-electron chi connectivity index (χ1n) is 8.92. The number of aliphatic carboxylic acids is 3. The summed E-state index contributed by atoms with van der Waals surface area (Å²) in [5.41, 5.74) is 5.32. The van der Waals surface area contributed by atoms with Gasteiger partial charge in [0.2, 0.25) is 17.7 Å². The zero-order valence-corrected chi connectivity index (χ0v) is 16.5. The van der Waals surface area contributed by atoms with Gasteiger partial charge in [-0.2, -0.15) is 0 Å². The molecule has 0 saturated heterocycles. The molecule has 0 aliphatic rings. The second kappa shape index (κ2) is 13.1. The maximum absolute atomic E-state index is 12.5. The highest BCUT2D eigenvalue weighted by Crippen LogP contribution is 2.03. The molecule has 0 rings (SSSR count). The van der Waals surface area contributed by atoms with Crippen LogP contribution in [0.5, 0.6) is 0 Å². The third-order valence-corrected chi connectivity index (χ3v) is 3.87. The molecule has 0 spiro atoms. The fraction of sp³-hybridized carbons (Fsp3) is 0.625. The van der Waals surface area contributed by atoms with Crippen LogP contribution in [0, 0.1) is 0 Å². The largest absolute Gasteiger partial charge is 0.481 e. The second-order valence-electron chi connectivity index (χ2n) is 6.51. The first kappa shape index (κ1) is 27.7. The smallest absolute Gasteiger partial charge is 0.328 e. The number of hydrogen-bond acceptors (Lipinski definition) is 9. The van der Waals surface area contributed by atoms with Gasteiger partial charge >= 0.3 is 17.9 Å². The number of rotatable bonds is 14. The van der Waals surface area contributed by atoms with E-state index in [1.165, 1.54) is 0 Å². The zero-order chi connectivity index (χ0) is 24.3. The average molecular weight is 450 g/mol. The van der Waals surface area contributed by atoms with Crippen molar-refractivity contribution < 1.29 is 54.3 Å². The molecule has 0 radical (unpaired) electrons. The van der Waals surface area contributed by atoms with Crippen LogP contribution >= 0.6 is 0 Å². The predicted molar refractivity (Wildman–Crippen MR) is 99.3 cm³/mol. The molecule has 3 amide bonds. The maximum atomic E-state index is 12.5. The van der Waals surface area contributed by atoms with Crippen molar-refractivity contribution in [3.63, 3.8) is 0 Å². The van der Waals surface area contributed by atoms with Crippen LogP contribution in [0.2, 0.25) is 0 Å². The van der Waals surface area contributed by atoms with E-state index >= 15 is 0 Å². The number of carboxylic acid groups (broad SMARTS) is 3. The fourth-order valence-electron chi connectivity index (χ4n) is 2.20. The second-order valence-corrected chi connectivity index (χ2v) is 6.51. The molecule has 15 heteroatoms. The molecule has 0 fully saturated rings. The van der Waals surface area contributed by atoms with Crippen LogP contribution in [0.1, 0.15) is 26.2 Å². The van der Waals surface area contributed by atoms with E-state index in [4.69, 9.17) is 26.2 Å². The summed E-state index contributed by atoms with van der Waals surface area (Å²) in [6.45, 7) is 0.283. The van der Waals surface area contributed by atoms with Gasteiger partial charge in [0.05, 0.1) is 19.1 Å². The molecule has 5 atom stereocenters. The molecule has 0 aromatic heterocycles. The molecule has 0 saturated carbocycles. The Morgan fingerprint density at radius 2 is 1.35 bits per heavy atom. The lowest BCUT2D eigenvalue weighted by Gasteiger charge is -2.24. The monoisotopic (exact) mass is 450 g/mol. The van der Waals surface area contributed by atoms with Gasteiger partial charge in [-0.25, -0.2) is 4.79 Å². The number of aliphatic hydroxyl groups excluding tert-OH is 2. The first-order valence-corrected chi connectivity index (χ1v) is 8.92. The van der Waals surface area contributed by atoms with Crippen LogP contribution in [-0.2, 0) is 28.8 Å². The van der Waals surface area contributed by atoms with E-state index < -0.39 is 91.8 Å². The zero-order valence-electron chi connectivity index (χ0n) is 16.5. The molecular weight excluding hydrogens is 424 g/mol. The molecule has 10 N–H and O–H groups in total. The Labute approximate surface area is 175 Å². The summed E-state index contributed by atoms with van der Waals surface area (Å²) >= 11 is 0. The van der Waals surface area contributed by atoms with Crippen molar-refractivity contribution in [1.82, 2.24) is 16.0 Å². The standard InChI is InChI=1S/C16H26N4O11/c1-6(22)12(16(30)31)20-15(29)9(4-11(25)26)19-14(28)8(2-3-10(23)24)18-13(27)7(17)5-21/h6-9,12,21-22H,2-5,17H2,1H3,(H,18,27)(H,19,28)(H,20,29)(H,23,24)(H,25,26)(H,30,31). The summed E-state index contributed by atoms with van der Waals surface area (Å²) < 4.78 is 0. The molecule has 0 aliphatic carbocycles. The van der Waals surface area contributed by atoms with E-state index in [2.05, 4.69) is 5.32 Å². The summed E-state index contributed by atoms with van der Waals surface area (Å²) in [4.78, 5) is 69.6. The maximum Gasteiger partial charge on any atom is 0.328 e. The third-order valence-electron chi connectivity index (χ3n) is 3.87. The minimum absolute atomic E-state index is 0.460. The highest BCUT2D eigenvalue weighted by Gasteiger charge is 2.33. The van der Waals surface area contributed by atoms with E-state index in [1.807, 2.05) is 10.6 Å². The summed E-state index contributed by atoms with van der Waals surface area (Å²) in [6.07, 6.45) is -3.59. The normalized spacial score (nSPS) is 15.5. The Morgan fingerprint density at radius 1 is 0.839 bits per heavy atom. The Kier molecular flexibility index (Phi) is 11.7. The highest BCUT2D eigenvalue weighted by molar-refractivity contribution is 5.95. The Morgan fingerprint density at radius 3 is 1.77 bits per heavy atom. The van der Waals surface area contributed by atoms with Crippen LogP contribution in [0.15, 0.2) is 0 Å². The van der Waals surface area contributed by atoms with E-state index in [9.17, 15) is 33.9 Å². The van der Waals surface area contributed by atoms with Gasteiger partial charge in [-0.05, 0) is 13.3 Å². The van der Waals surface area contributed by atoms with E-state index in [1.54, 1.807) is 0 Å². The molecule has 0 aliphatic heterocycles. The lowest BCUT2D eigenvalue weighted by molar-refractivity contribution is -0.146. The Balaban J connectivity index is 5.53. The molecule has 176 valence electrons. The van der Waals surface area contributed by atoms with Crippen molar-refractivity contribution in [1.29, 1.82) is 0 Å². The van der Waals surface area contributed by atoms with Gasteiger partial charge in [0.25, 0.3) is 0 Å². The van der Waals surface area contributed by atoms with Gasteiger partial charge in [-0.1, -0.05) is 0 Å². The van der Waals surface area contributed by atoms with Crippen LogP contribution in [0.25, 0.3) is 0 Å². The van der Waals surface area contributed by atoms with E-state index in [-0.39, 0.29) is 0 Å². The van der Waals surface area contributed by atoms with Crippen molar-refractivity contribution >= 4 is 35.6 Å². The van der Waals surface area contributed by atoms with Crippen molar-refractivity contribution in [3.05, 3.63) is 0 Å². The van der Waals surface area contributed by atoms with Crippen molar-refractivity contribution in [2.75, 3.05) is 6.61 Å². The molecule has 0 heterocycles. The minimum atomic E-state index is -1.82. The number of aliphatic hydroxyl groups is 2. The van der Waals surface area contributed by atoms with Crippen molar-refractivity contribution in [2.24, 2.45) is 5.73 Å². The molecule has 15 nitrogen and oxygen atoms in total. The van der Waals surface area contributed by atoms with Crippen molar-refractivity contribution in [2.45, 2.75) is 56.5 Å². The number of carbonyl (C=O) groups is 6. The summed E-state index contributed by atoms with van der Waals surface area (Å²) in [5, 5.41) is 51.1. The van der Waals surface area contributed by atoms with Gasteiger partial charge in [-0.3, -0.25) is 24.0 Å². The molecular formula is C16H26N4O11. The number of carboxylic acids is 3. The summed E-state index contributed by atoms with van der Waals surface area (Å²) in [7, 11) is 0. The number of nitrogens with one attached hydrogen (secondary N) is 3. The number of carbonyl (C=O) groups excluding carboxylic acids is 3. The van der Waals surface area contributed by atoms with E-state index in [0.29, 0.717) is 0 Å². The van der Waals surface area contributed by atoms with Gasteiger partial charge in [0.15, 0.2) is 6.04 Å². The van der Waals surface area contributed by atoms with Crippen LogP contribution in [0.4, 0.5) is 0 Å². The topological polar surface area (TPSA) is 266 Å². The van der Waals surface area contributed by atoms with Crippen molar-refractivity contribution in [3.8, 4) is 0 Å². The van der Waals surface area contributed by atoms with Crippen LogP contribution in [0.3, 0.4) is 0 Å². The lowest BCUT2D eigenvalue weighted by Crippen LogP contribution is -2.58. The Bertz CT molecular complexity index is 697. The van der Waals surface area contributed by atoms with Crippen LogP contribution in [-0.4, -0.2) is 98.0 Å². The lowest BCUT2D eigenvalue weighted by atomic mass is 10.1. The number of nitrogens with two attached hydrogens (primary N) is 1. The molecule has 0 aromatic carbocycles. The fourth-order valence-corrected chi connectivity index (χ4v) is 2.20. The quantitative estimate of drug-likeness (QED) is 0.121. The highest BCUT2D eigenvalue weighted by atomic mass is 16.4. The molecule has 0 bridgehead atoms. The average Bonchev–Trinajstić information content (AvgIpc) is 2.66. The molecule has 5 unspecified atom stereocenters. The van der Waals surface area contributed by atoms with Gasteiger partial charge in [0.1, 0.15) is 18.1 Å².